The van der Waals surface area contributed by atoms with E-state index in [9.17, 15) is 9.18 Å². The first-order chi connectivity index (χ1) is 15.4. The van der Waals surface area contributed by atoms with Crippen molar-refractivity contribution in [2.45, 2.75) is 6.92 Å². The van der Waals surface area contributed by atoms with Gasteiger partial charge < -0.3 is 24.8 Å². The molecule has 3 aromatic heterocycles. The minimum Gasteiger partial charge on any atom is -0.465 e. The second-order valence-electron chi connectivity index (χ2n) is 7.18. The summed E-state index contributed by atoms with van der Waals surface area (Å²) in [5, 5.41) is 6.35. The van der Waals surface area contributed by atoms with Crippen molar-refractivity contribution in [2.75, 3.05) is 24.3 Å². The Hall–Kier alpha value is -4.14. The van der Waals surface area contributed by atoms with E-state index in [0.29, 0.717) is 17.3 Å². The zero-order valence-electron chi connectivity index (χ0n) is 18.0. The van der Waals surface area contributed by atoms with Crippen molar-refractivity contribution in [2.24, 2.45) is 7.05 Å². The van der Waals surface area contributed by atoms with Crippen molar-refractivity contribution < 1.29 is 13.9 Å². The molecule has 32 heavy (non-hydrogen) atoms. The number of nitrogens with zero attached hydrogens (tertiary/aromatic N) is 4. The van der Waals surface area contributed by atoms with Crippen LogP contribution in [0.5, 0.6) is 0 Å². The van der Waals surface area contributed by atoms with Crippen molar-refractivity contribution in [3.63, 3.8) is 0 Å². The average Bonchev–Trinajstić information content (AvgIpc) is 3.11. The number of nitrogens with one attached hydrogen (secondary N) is 2. The van der Waals surface area contributed by atoms with Gasteiger partial charge in [-0.05, 0) is 25.1 Å². The summed E-state index contributed by atoms with van der Waals surface area (Å²) in [5.41, 5.74) is 4.36. The Labute approximate surface area is 185 Å². The highest BCUT2D eigenvalue weighted by atomic mass is 19.1. The molecule has 4 rings (SSSR count). The summed E-state index contributed by atoms with van der Waals surface area (Å²) < 4.78 is 20.1. The van der Waals surface area contributed by atoms with Crippen LogP contribution < -0.4 is 10.6 Å². The number of fused-ring (bicyclic) bond motifs is 1. The third-order valence-electron chi connectivity index (χ3n) is 5.18. The maximum atomic E-state index is 13.2. The first-order valence-corrected chi connectivity index (χ1v) is 9.98. The smallest absolute Gasteiger partial charge is 0.341 e. The van der Waals surface area contributed by atoms with Gasteiger partial charge in [0.1, 0.15) is 23.0 Å². The van der Waals surface area contributed by atoms with E-state index in [2.05, 4.69) is 39.0 Å². The number of ether oxygens (including phenoxy) is 1. The topological polar surface area (TPSA) is 84.3 Å². The Bertz CT molecular complexity index is 1220. The molecule has 164 valence electrons. The second kappa shape index (κ2) is 8.54. The van der Waals surface area contributed by atoms with Crippen LogP contribution in [0.3, 0.4) is 0 Å². The minimum absolute atomic E-state index is 0.270. The van der Waals surface area contributed by atoms with Crippen molar-refractivity contribution >= 4 is 40.8 Å². The molecule has 0 fully saturated rings. The second-order valence-corrected chi connectivity index (χ2v) is 7.18. The predicted molar refractivity (Wildman–Crippen MR) is 122 cm³/mol. The number of anilines is 4. The molecule has 0 atom stereocenters. The predicted octanol–water partition coefficient (Wildman–Crippen LogP) is 4.50. The van der Waals surface area contributed by atoms with E-state index in [-0.39, 0.29) is 5.56 Å². The highest BCUT2D eigenvalue weighted by Gasteiger charge is 2.23. The van der Waals surface area contributed by atoms with Crippen LogP contribution in [0.15, 0.2) is 49.6 Å². The van der Waals surface area contributed by atoms with Crippen LogP contribution in [0.1, 0.15) is 28.5 Å². The number of rotatable bonds is 6. The molecule has 2 N–H and O–H groups in total. The molecule has 0 aromatic carbocycles. The Morgan fingerprint density at radius 2 is 1.97 bits per heavy atom. The molecule has 8 nitrogen and oxygen atoms in total. The molecule has 0 saturated heterocycles. The molecule has 3 aromatic rings. The molecule has 0 amide bonds. The van der Waals surface area contributed by atoms with E-state index in [1.165, 1.54) is 25.4 Å². The summed E-state index contributed by atoms with van der Waals surface area (Å²) in [6.07, 6.45) is 8.50. The van der Waals surface area contributed by atoms with E-state index in [1.54, 1.807) is 6.07 Å². The summed E-state index contributed by atoms with van der Waals surface area (Å²) in [4.78, 5) is 22.7. The van der Waals surface area contributed by atoms with Crippen LogP contribution in [-0.2, 0) is 11.8 Å². The normalized spacial score (nSPS) is 12.5. The van der Waals surface area contributed by atoms with Gasteiger partial charge in [0.15, 0.2) is 0 Å². The van der Waals surface area contributed by atoms with Crippen molar-refractivity contribution in [1.82, 2.24) is 19.4 Å². The van der Waals surface area contributed by atoms with Gasteiger partial charge in [0.2, 0.25) is 0 Å². The van der Waals surface area contributed by atoms with Gasteiger partial charge in [0.05, 0.1) is 30.4 Å². The Balaban J connectivity index is 1.73. The highest BCUT2D eigenvalue weighted by Crippen LogP contribution is 2.37. The number of hydrogen-bond acceptors (Lipinski definition) is 7. The molecule has 0 radical (unpaired) electrons. The lowest BCUT2D eigenvalue weighted by Gasteiger charge is -2.26. The van der Waals surface area contributed by atoms with Gasteiger partial charge in [0, 0.05) is 49.5 Å². The van der Waals surface area contributed by atoms with E-state index in [4.69, 9.17) is 4.74 Å². The van der Waals surface area contributed by atoms with Gasteiger partial charge in [-0.1, -0.05) is 6.58 Å². The Morgan fingerprint density at radius 3 is 2.66 bits per heavy atom. The fourth-order valence-electron chi connectivity index (χ4n) is 3.56. The number of carbonyl (C=O) groups is 1. The number of aromatic nitrogens is 3. The SMILES string of the molecule is C=C1c2c(Nc3cc(Nc4ccc(F)cn4)ncc3C(=O)OC)cn(C)c2C=CN1CC. The standard InChI is InChI=1S/C23H23FN6O2/c1-5-30-9-8-19-22(14(30)2)18(13-29(19)3)27-17-10-21(26-12-16(17)23(31)32-4)28-20-7-6-15(24)11-25-20/h6-13H,2,5H2,1,3-4H3,(H2,25,26,27,28). The quantitative estimate of drug-likeness (QED) is 0.553. The molecule has 0 aliphatic carbocycles. The van der Waals surface area contributed by atoms with E-state index >= 15 is 0 Å². The van der Waals surface area contributed by atoms with Crippen LogP contribution >= 0.6 is 0 Å². The van der Waals surface area contributed by atoms with Gasteiger partial charge in [-0.15, -0.1) is 0 Å². The van der Waals surface area contributed by atoms with Crippen molar-refractivity contribution in [3.05, 3.63) is 72.2 Å². The van der Waals surface area contributed by atoms with Gasteiger partial charge in [0.25, 0.3) is 0 Å². The van der Waals surface area contributed by atoms with E-state index in [0.717, 1.165) is 35.4 Å². The lowest BCUT2D eigenvalue weighted by molar-refractivity contribution is 0.0601. The fourth-order valence-corrected chi connectivity index (χ4v) is 3.56. The molecule has 0 spiro atoms. The van der Waals surface area contributed by atoms with Gasteiger partial charge >= 0.3 is 5.97 Å². The largest absolute Gasteiger partial charge is 0.465 e. The van der Waals surface area contributed by atoms with Gasteiger partial charge in [-0.3, -0.25) is 0 Å². The van der Waals surface area contributed by atoms with Crippen molar-refractivity contribution in [1.29, 1.82) is 0 Å². The maximum absolute atomic E-state index is 13.2. The summed E-state index contributed by atoms with van der Waals surface area (Å²) in [6, 6.07) is 4.48. The highest BCUT2D eigenvalue weighted by molar-refractivity contribution is 5.98. The molecular formula is C23H23FN6O2. The maximum Gasteiger partial charge on any atom is 0.341 e. The third-order valence-corrected chi connectivity index (χ3v) is 5.18. The molecule has 4 heterocycles. The number of esters is 1. The van der Waals surface area contributed by atoms with Crippen LogP contribution in [0.4, 0.5) is 27.4 Å². The molecule has 0 saturated carbocycles. The molecule has 1 aliphatic heterocycles. The Kier molecular flexibility index (Phi) is 5.63. The first-order valence-electron chi connectivity index (χ1n) is 9.98. The molecule has 0 unspecified atom stereocenters. The van der Waals surface area contributed by atoms with E-state index in [1.807, 2.05) is 30.1 Å². The van der Waals surface area contributed by atoms with Crippen LogP contribution in [0.25, 0.3) is 11.8 Å². The summed E-state index contributed by atoms with van der Waals surface area (Å²) in [6.45, 7) is 7.08. The number of methoxy groups -OCH3 is 1. The lowest BCUT2D eigenvalue weighted by Crippen LogP contribution is -2.18. The summed E-state index contributed by atoms with van der Waals surface area (Å²) in [7, 11) is 3.26. The van der Waals surface area contributed by atoms with Crippen LogP contribution in [0.2, 0.25) is 0 Å². The minimum atomic E-state index is -0.523. The van der Waals surface area contributed by atoms with Gasteiger partial charge in [-0.2, -0.15) is 0 Å². The Morgan fingerprint density at radius 1 is 1.19 bits per heavy atom. The number of hydrogen-bond donors (Lipinski definition) is 2. The summed E-state index contributed by atoms with van der Waals surface area (Å²) in [5.74, 6) is -0.107. The zero-order chi connectivity index (χ0) is 22.8. The third kappa shape index (κ3) is 3.92. The fraction of sp³-hybridized carbons (Fsp3) is 0.174. The molecule has 0 bridgehead atoms. The first kappa shape index (κ1) is 21.1. The van der Waals surface area contributed by atoms with Crippen molar-refractivity contribution in [3.8, 4) is 0 Å². The van der Waals surface area contributed by atoms with E-state index < -0.39 is 11.8 Å². The zero-order valence-corrected chi connectivity index (χ0v) is 18.0. The molecule has 1 aliphatic rings. The monoisotopic (exact) mass is 434 g/mol. The lowest BCUT2D eigenvalue weighted by atomic mass is 10.1. The number of aryl methyl sites for hydroxylation is 1. The number of carbonyl (C=O) groups excluding carboxylic acids is 1. The average molecular weight is 434 g/mol. The number of pyridine rings is 2. The van der Waals surface area contributed by atoms with Crippen LogP contribution in [-0.4, -0.2) is 39.1 Å². The summed E-state index contributed by atoms with van der Waals surface area (Å²) >= 11 is 0. The number of halogens is 1. The van der Waals surface area contributed by atoms with Crippen LogP contribution in [0, 0.1) is 5.82 Å². The van der Waals surface area contributed by atoms with Gasteiger partial charge in [-0.25, -0.2) is 19.2 Å². The molecular weight excluding hydrogens is 411 g/mol. The molecule has 9 heteroatoms.